The molecular weight excluding hydrogens is 282 g/mol. The molecule has 102 valence electrons. The number of nitro groups is 1. The molecule has 2 rings (SSSR count). The fourth-order valence-electron chi connectivity index (χ4n) is 1.69. The van der Waals surface area contributed by atoms with E-state index in [1.54, 1.807) is 13.0 Å². The normalized spacial score (nSPS) is 10.1. The maximum absolute atomic E-state index is 12.0. The zero-order valence-corrected chi connectivity index (χ0v) is 11.2. The molecule has 0 aliphatic rings. The Hall–Kier alpha value is -2.47. The first-order chi connectivity index (χ1) is 9.47. The predicted molar refractivity (Wildman–Crippen MR) is 75.0 cm³/mol. The summed E-state index contributed by atoms with van der Waals surface area (Å²) >= 11 is 5.71. The van der Waals surface area contributed by atoms with E-state index in [1.807, 2.05) is 0 Å². The number of carbonyl (C=O) groups excluding carboxylic acids is 1. The zero-order valence-electron chi connectivity index (χ0n) is 10.5. The highest BCUT2D eigenvalue weighted by atomic mass is 35.5. The molecule has 1 aromatic heterocycles. The van der Waals surface area contributed by atoms with Crippen molar-refractivity contribution >= 4 is 28.9 Å². The predicted octanol–water partition coefficient (Wildman–Crippen LogP) is 3.20. The van der Waals surface area contributed by atoms with Crippen molar-refractivity contribution in [3.8, 4) is 0 Å². The summed E-state index contributed by atoms with van der Waals surface area (Å²) in [6.07, 6.45) is 1.43. The number of nitro benzene ring substituents is 1. The number of hydrogen-bond acceptors (Lipinski definition) is 4. The molecule has 1 N–H and O–H groups in total. The van der Waals surface area contributed by atoms with Gasteiger partial charge in [0.1, 0.15) is 5.15 Å². The van der Waals surface area contributed by atoms with Crippen LogP contribution in [0.3, 0.4) is 0 Å². The van der Waals surface area contributed by atoms with Crippen molar-refractivity contribution in [3.63, 3.8) is 0 Å². The van der Waals surface area contributed by atoms with Gasteiger partial charge in [0.15, 0.2) is 0 Å². The van der Waals surface area contributed by atoms with Gasteiger partial charge in [0.25, 0.3) is 11.6 Å². The van der Waals surface area contributed by atoms with Crippen molar-refractivity contribution < 1.29 is 9.72 Å². The number of hydrogen-bond donors (Lipinski definition) is 1. The minimum atomic E-state index is -0.469. The van der Waals surface area contributed by atoms with Gasteiger partial charge in [-0.3, -0.25) is 14.9 Å². The summed E-state index contributed by atoms with van der Waals surface area (Å²) in [5.74, 6) is -0.359. The first-order valence-corrected chi connectivity index (χ1v) is 6.03. The molecular formula is C13H10ClN3O3. The molecule has 0 fully saturated rings. The molecule has 1 amide bonds. The molecule has 6 nitrogen and oxygen atoms in total. The van der Waals surface area contributed by atoms with E-state index >= 15 is 0 Å². The number of aryl methyl sites for hydroxylation is 1. The Labute approximate surface area is 119 Å². The molecule has 1 aromatic carbocycles. The number of pyridine rings is 1. The number of nitrogens with one attached hydrogen (secondary N) is 1. The monoisotopic (exact) mass is 291 g/mol. The van der Waals surface area contributed by atoms with Gasteiger partial charge in [-0.1, -0.05) is 11.6 Å². The van der Waals surface area contributed by atoms with Crippen LogP contribution < -0.4 is 5.32 Å². The Kier molecular flexibility index (Phi) is 3.95. The van der Waals surface area contributed by atoms with Crippen molar-refractivity contribution in [2.75, 3.05) is 5.32 Å². The number of benzene rings is 1. The lowest BCUT2D eigenvalue weighted by Crippen LogP contribution is -2.12. The van der Waals surface area contributed by atoms with E-state index in [2.05, 4.69) is 10.3 Å². The zero-order chi connectivity index (χ0) is 14.7. The first kappa shape index (κ1) is 14.0. The van der Waals surface area contributed by atoms with E-state index in [1.165, 1.54) is 30.5 Å². The van der Waals surface area contributed by atoms with Crippen LogP contribution >= 0.6 is 11.6 Å². The topological polar surface area (TPSA) is 85.1 Å². The van der Waals surface area contributed by atoms with Gasteiger partial charge in [0.05, 0.1) is 4.92 Å². The number of carbonyl (C=O) groups is 1. The molecule has 0 saturated carbocycles. The lowest BCUT2D eigenvalue weighted by Gasteiger charge is -2.06. The van der Waals surface area contributed by atoms with Crippen LogP contribution in [-0.4, -0.2) is 15.8 Å². The fourth-order valence-corrected chi connectivity index (χ4v) is 1.86. The van der Waals surface area contributed by atoms with Crippen LogP contribution in [0.5, 0.6) is 0 Å². The third-order valence-corrected chi connectivity index (χ3v) is 2.85. The van der Waals surface area contributed by atoms with Crippen LogP contribution in [0, 0.1) is 17.0 Å². The van der Waals surface area contributed by atoms with Crippen molar-refractivity contribution in [3.05, 3.63) is 62.9 Å². The lowest BCUT2D eigenvalue weighted by molar-refractivity contribution is -0.385. The Bertz CT molecular complexity index is 688. The minimum absolute atomic E-state index is 0.00922. The van der Waals surface area contributed by atoms with Crippen molar-refractivity contribution in [1.29, 1.82) is 0 Å². The first-order valence-electron chi connectivity index (χ1n) is 5.65. The van der Waals surface area contributed by atoms with E-state index in [4.69, 9.17) is 11.6 Å². The SMILES string of the molecule is Cc1cc(NC(=O)c2ccnc(Cl)c2)ccc1[N+](=O)[O-]. The molecule has 0 radical (unpaired) electrons. The molecule has 0 aliphatic carbocycles. The Morgan fingerprint density at radius 2 is 2.10 bits per heavy atom. The summed E-state index contributed by atoms with van der Waals surface area (Å²) in [5, 5.41) is 13.6. The fraction of sp³-hybridized carbons (Fsp3) is 0.0769. The van der Waals surface area contributed by atoms with Gasteiger partial charge in [-0.15, -0.1) is 0 Å². The molecule has 0 bridgehead atoms. The van der Waals surface area contributed by atoms with Crippen molar-refractivity contribution in [2.45, 2.75) is 6.92 Å². The molecule has 0 aliphatic heterocycles. The number of halogens is 1. The second kappa shape index (κ2) is 5.66. The van der Waals surface area contributed by atoms with Gasteiger partial charge >= 0.3 is 0 Å². The molecule has 20 heavy (non-hydrogen) atoms. The number of rotatable bonds is 3. The summed E-state index contributed by atoms with van der Waals surface area (Å²) in [6.45, 7) is 1.61. The van der Waals surface area contributed by atoms with E-state index < -0.39 is 4.92 Å². The smallest absolute Gasteiger partial charge is 0.272 e. The Morgan fingerprint density at radius 3 is 2.70 bits per heavy atom. The molecule has 0 saturated heterocycles. The second-order valence-electron chi connectivity index (χ2n) is 4.08. The molecule has 7 heteroatoms. The van der Waals surface area contributed by atoms with Crippen LogP contribution in [0.25, 0.3) is 0 Å². The van der Waals surface area contributed by atoms with Crippen LogP contribution in [0.15, 0.2) is 36.5 Å². The van der Waals surface area contributed by atoms with Gasteiger partial charge in [0, 0.05) is 29.1 Å². The highest BCUT2D eigenvalue weighted by Gasteiger charge is 2.12. The molecule has 1 heterocycles. The van der Waals surface area contributed by atoms with E-state index in [0.717, 1.165) is 0 Å². The molecule has 2 aromatic rings. The maximum Gasteiger partial charge on any atom is 0.272 e. The summed E-state index contributed by atoms with van der Waals surface area (Å²) in [7, 11) is 0. The quantitative estimate of drug-likeness (QED) is 0.534. The summed E-state index contributed by atoms with van der Waals surface area (Å²) < 4.78 is 0. The van der Waals surface area contributed by atoms with Crippen LogP contribution in [-0.2, 0) is 0 Å². The van der Waals surface area contributed by atoms with Crippen LogP contribution in [0.2, 0.25) is 5.15 Å². The van der Waals surface area contributed by atoms with Gasteiger partial charge in [-0.25, -0.2) is 4.98 Å². The van der Waals surface area contributed by atoms with Crippen molar-refractivity contribution in [2.24, 2.45) is 0 Å². The van der Waals surface area contributed by atoms with Gasteiger partial charge in [-0.05, 0) is 31.2 Å². The number of aromatic nitrogens is 1. The minimum Gasteiger partial charge on any atom is -0.322 e. The number of nitrogens with zero attached hydrogens (tertiary/aromatic N) is 2. The van der Waals surface area contributed by atoms with Gasteiger partial charge in [-0.2, -0.15) is 0 Å². The summed E-state index contributed by atoms with van der Waals surface area (Å²) in [6, 6.07) is 7.34. The molecule has 0 atom stereocenters. The van der Waals surface area contributed by atoms with E-state index in [9.17, 15) is 14.9 Å². The third-order valence-electron chi connectivity index (χ3n) is 2.64. The number of anilines is 1. The third kappa shape index (κ3) is 3.10. The highest BCUT2D eigenvalue weighted by Crippen LogP contribution is 2.22. The Balaban J connectivity index is 2.20. The standard InChI is InChI=1S/C13H10ClN3O3/c1-8-6-10(2-3-11(8)17(19)20)16-13(18)9-4-5-15-12(14)7-9/h2-7H,1H3,(H,16,18). The van der Waals surface area contributed by atoms with Crippen LogP contribution in [0.4, 0.5) is 11.4 Å². The summed E-state index contributed by atoms with van der Waals surface area (Å²) in [5.41, 5.74) is 1.32. The largest absolute Gasteiger partial charge is 0.322 e. The van der Waals surface area contributed by atoms with E-state index in [0.29, 0.717) is 16.8 Å². The summed E-state index contributed by atoms with van der Waals surface area (Å²) in [4.78, 5) is 26.0. The molecule has 0 spiro atoms. The van der Waals surface area contributed by atoms with Gasteiger partial charge < -0.3 is 5.32 Å². The average Bonchev–Trinajstić information content (AvgIpc) is 2.38. The van der Waals surface area contributed by atoms with E-state index in [-0.39, 0.29) is 16.7 Å². The maximum atomic E-state index is 12.0. The van der Waals surface area contributed by atoms with Gasteiger partial charge in [0.2, 0.25) is 0 Å². The lowest BCUT2D eigenvalue weighted by atomic mass is 10.1. The average molecular weight is 292 g/mol. The highest BCUT2D eigenvalue weighted by molar-refractivity contribution is 6.29. The molecule has 0 unspecified atom stereocenters. The second-order valence-corrected chi connectivity index (χ2v) is 4.47. The number of amides is 1. The van der Waals surface area contributed by atoms with Crippen LogP contribution in [0.1, 0.15) is 15.9 Å². The Morgan fingerprint density at radius 1 is 1.35 bits per heavy atom. The van der Waals surface area contributed by atoms with Crippen molar-refractivity contribution in [1.82, 2.24) is 4.98 Å².